The maximum absolute atomic E-state index is 4.36. The Morgan fingerprint density at radius 3 is 2.42 bits per heavy atom. The molecule has 0 amide bonds. The molecule has 0 atom stereocenters. The molecule has 1 heterocycles. The van der Waals surface area contributed by atoms with Crippen molar-refractivity contribution in [1.29, 1.82) is 0 Å². The van der Waals surface area contributed by atoms with Gasteiger partial charge in [-0.2, -0.15) is 0 Å². The van der Waals surface area contributed by atoms with Crippen LogP contribution >= 0.6 is 11.8 Å². The van der Waals surface area contributed by atoms with E-state index < -0.39 is 0 Å². The van der Waals surface area contributed by atoms with Gasteiger partial charge >= 0.3 is 18.6 Å². The smallest absolute Gasteiger partial charge is 0.660 e. The second kappa shape index (κ2) is 13.1. The Bertz CT molecular complexity index is 315. The molecular weight excluding hydrogens is 291 g/mol. The van der Waals surface area contributed by atoms with Gasteiger partial charge in [0, 0.05) is 11.4 Å². The zero-order valence-electron chi connectivity index (χ0n) is 12.6. The van der Waals surface area contributed by atoms with Crippen molar-refractivity contribution >= 4 is 11.8 Å². The molecule has 0 N–H and O–H groups in total. The molecule has 107 valence electrons. The van der Waals surface area contributed by atoms with Crippen LogP contribution in [0.15, 0.2) is 29.2 Å². The molecule has 1 fully saturated rings. The summed E-state index contributed by atoms with van der Waals surface area (Å²) in [6.45, 7) is 9.31. The third-order valence-corrected chi connectivity index (χ3v) is 3.41. The first-order chi connectivity index (χ1) is 8.38. The molecule has 0 aromatic heterocycles. The van der Waals surface area contributed by atoms with Gasteiger partial charge in [-0.05, 0) is 37.0 Å². The van der Waals surface area contributed by atoms with E-state index in [1.165, 1.54) is 10.5 Å². The fourth-order valence-corrected chi connectivity index (χ4v) is 2.32. The third kappa shape index (κ3) is 8.06. The van der Waals surface area contributed by atoms with Gasteiger partial charge in [-0.1, -0.05) is 26.0 Å². The third-order valence-electron chi connectivity index (χ3n) is 2.69. The van der Waals surface area contributed by atoms with E-state index in [2.05, 4.69) is 40.7 Å². The van der Waals surface area contributed by atoms with E-state index in [9.17, 15) is 0 Å². The van der Waals surface area contributed by atoms with Gasteiger partial charge in [0.1, 0.15) is 0 Å². The number of benzene rings is 1. The molecule has 1 aromatic rings. The Morgan fingerprint density at radius 2 is 1.84 bits per heavy atom. The predicted octanol–water partition coefficient (Wildman–Crippen LogP) is 4.07. The van der Waals surface area contributed by atoms with Crippen molar-refractivity contribution in [3.05, 3.63) is 42.6 Å². The molecule has 0 spiro atoms. The molecule has 1 aliphatic heterocycles. The summed E-state index contributed by atoms with van der Waals surface area (Å²) in [6, 6.07) is 8.82. The van der Waals surface area contributed by atoms with Crippen LogP contribution in [0.25, 0.3) is 5.32 Å². The molecule has 1 aliphatic rings. The van der Waals surface area contributed by atoms with Crippen LogP contribution < -0.4 is 0 Å². The van der Waals surface area contributed by atoms with E-state index in [0.717, 1.165) is 32.7 Å². The van der Waals surface area contributed by atoms with Crippen LogP contribution in [0.5, 0.6) is 0 Å². The summed E-state index contributed by atoms with van der Waals surface area (Å²) in [6.07, 6.45) is 2.12. The van der Waals surface area contributed by atoms with Gasteiger partial charge in [0.2, 0.25) is 0 Å². The van der Waals surface area contributed by atoms with Gasteiger partial charge in [-0.3, -0.25) is 0 Å². The van der Waals surface area contributed by atoms with Crippen molar-refractivity contribution in [2.24, 2.45) is 0 Å². The molecule has 2 rings (SSSR count). The quantitative estimate of drug-likeness (QED) is 0.617. The van der Waals surface area contributed by atoms with Crippen molar-refractivity contribution in [3.63, 3.8) is 0 Å². The van der Waals surface area contributed by atoms with Crippen LogP contribution in [0.2, 0.25) is 0 Å². The minimum absolute atomic E-state index is 0. The molecule has 0 unspecified atom stereocenters. The molecule has 0 aliphatic carbocycles. The Kier molecular flexibility index (Phi) is 14.7. The van der Waals surface area contributed by atoms with Crippen LogP contribution in [-0.2, 0) is 25.1 Å². The number of piperazine rings is 1. The normalized spacial score (nSPS) is 14.5. The van der Waals surface area contributed by atoms with E-state index in [-0.39, 0.29) is 26.0 Å². The molecule has 2 nitrogen and oxygen atoms in total. The van der Waals surface area contributed by atoms with Gasteiger partial charge in [0.25, 0.3) is 0 Å². The monoisotopic (exact) mass is 317 g/mol. The number of hydrogen-bond donors (Lipinski definition) is 0. The van der Waals surface area contributed by atoms with Crippen LogP contribution in [0.4, 0.5) is 0 Å². The first kappa shape index (κ1) is 21.4. The van der Waals surface area contributed by atoms with Crippen LogP contribution in [0.3, 0.4) is 0 Å². The van der Waals surface area contributed by atoms with E-state index in [1.807, 2.05) is 25.6 Å². The summed E-state index contributed by atoms with van der Waals surface area (Å²) in [5, 5.41) is 4.36. The van der Waals surface area contributed by atoms with Crippen LogP contribution in [0, 0.1) is 7.43 Å². The van der Waals surface area contributed by atoms with Crippen molar-refractivity contribution in [2.45, 2.75) is 25.3 Å². The van der Waals surface area contributed by atoms with Crippen molar-refractivity contribution in [2.75, 3.05) is 32.4 Å². The van der Waals surface area contributed by atoms with Crippen molar-refractivity contribution in [1.82, 2.24) is 4.90 Å². The SMILES string of the molecule is CC.CSc1cccc(CN2CC[N-]CC2)c1.[CH3-].[V+2]. The molecule has 1 radical (unpaired) electrons. The Labute approximate surface area is 135 Å². The van der Waals surface area contributed by atoms with Crippen molar-refractivity contribution in [3.8, 4) is 0 Å². The fourth-order valence-electron chi connectivity index (χ4n) is 1.83. The van der Waals surface area contributed by atoms with Gasteiger partial charge < -0.3 is 17.6 Å². The Hall–Kier alpha value is 0.0744. The van der Waals surface area contributed by atoms with E-state index in [0.29, 0.717) is 0 Å². The first-order valence-corrected chi connectivity index (χ1v) is 7.59. The molecule has 4 heteroatoms. The molecular formula is C15H26N2SV. The number of nitrogens with zero attached hydrogens (tertiary/aromatic N) is 2. The van der Waals surface area contributed by atoms with Crippen LogP contribution in [0.1, 0.15) is 19.4 Å². The van der Waals surface area contributed by atoms with Crippen molar-refractivity contribution < 1.29 is 18.6 Å². The van der Waals surface area contributed by atoms with E-state index in [1.54, 1.807) is 0 Å². The standard InChI is InChI=1S/C12H17N2S.C2H6.CH3.V/c1-15-12-4-2-3-11(9-12)10-14-7-5-13-6-8-14;1-2;;/h2-4,9H,5-8,10H2,1H3;1-2H3;1H3;/q-1;;-1;+2. The summed E-state index contributed by atoms with van der Waals surface area (Å²) in [5.74, 6) is 0. The zero-order chi connectivity index (χ0) is 12.5. The van der Waals surface area contributed by atoms with Gasteiger partial charge in [0.15, 0.2) is 0 Å². The first-order valence-electron chi connectivity index (χ1n) is 6.37. The van der Waals surface area contributed by atoms with Gasteiger partial charge in [0.05, 0.1) is 0 Å². The largest absolute Gasteiger partial charge is 2.00 e. The summed E-state index contributed by atoms with van der Waals surface area (Å²) >= 11 is 1.81. The topological polar surface area (TPSA) is 17.3 Å². The molecule has 0 bridgehead atoms. The maximum atomic E-state index is 4.36. The average molecular weight is 317 g/mol. The van der Waals surface area contributed by atoms with E-state index in [4.69, 9.17) is 0 Å². The minimum atomic E-state index is 0. The zero-order valence-corrected chi connectivity index (χ0v) is 14.8. The fraction of sp³-hybridized carbons (Fsp3) is 0.533. The summed E-state index contributed by atoms with van der Waals surface area (Å²) < 4.78 is 0. The average Bonchev–Trinajstić information content (AvgIpc) is 2.42. The van der Waals surface area contributed by atoms with Gasteiger partial charge in [-0.25, -0.2) is 0 Å². The summed E-state index contributed by atoms with van der Waals surface area (Å²) in [5.41, 5.74) is 1.42. The number of hydrogen-bond acceptors (Lipinski definition) is 2. The second-order valence-corrected chi connectivity index (χ2v) is 4.68. The summed E-state index contributed by atoms with van der Waals surface area (Å²) in [7, 11) is 0. The molecule has 1 saturated heterocycles. The maximum Gasteiger partial charge on any atom is 2.00 e. The number of thioether (sulfide) groups is 1. The molecule has 1 aromatic carbocycles. The van der Waals surface area contributed by atoms with Crippen LogP contribution in [-0.4, -0.2) is 37.3 Å². The Balaban J connectivity index is 0. The minimum Gasteiger partial charge on any atom is -0.660 e. The Morgan fingerprint density at radius 1 is 1.21 bits per heavy atom. The predicted molar refractivity (Wildman–Crippen MR) is 84.4 cm³/mol. The molecule has 0 saturated carbocycles. The summed E-state index contributed by atoms with van der Waals surface area (Å²) in [4.78, 5) is 3.83. The second-order valence-electron chi connectivity index (χ2n) is 3.80. The molecule has 19 heavy (non-hydrogen) atoms. The van der Waals surface area contributed by atoms with E-state index >= 15 is 0 Å². The number of rotatable bonds is 3. The van der Waals surface area contributed by atoms with Gasteiger partial charge in [-0.15, -0.1) is 24.9 Å².